The molecule has 0 saturated heterocycles. The van der Waals surface area contributed by atoms with Gasteiger partial charge in [0, 0.05) is 35.3 Å². The van der Waals surface area contributed by atoms with Crippen LogP contribution in [0.4, 0.5) is 32.0 Å². The lowest BCUT2D eigenvalue weighted by Crippen LogP contribution is -2.53. The van der Waals surface area contributed by atoms with Gasteiger partial charge in [0.1, 0.15) is 0 Å². The molecule has 0 spiro atoms. The number of sulfone groups is 1. The van der Waals surface area contributed by atoms with E-state index in [1.807, 2.05) is 0 Å². The van der Waals surface area contributed by atoms with Crippen LogP contribution in [0.1, 0.15) is 24.1 Å². The summed E-state index contributed by atoms with van der Waals surface area (Å²) in [6, 6.07) is 5.87. The summed E-state index contributed by atoms with van der Waals surface area (Å²) in [5, 5.41) is 12.1. The van der Waals surface area contributed by atoms with E-state index in [0.29, 0.717) is 23.5 Å². The second kappa shape index (κ2) is 8.64. The molecule has 0 radical (unpaired) electrons. The maximum atomic E-state index is 13.0. The molecule has 0 aliphatic heterocycles. The van der Waals surface area contributed by atoms with E-state index in [2.05, 4.69) is 16.9 Å². The average molecular weight is 494 g/mol. The molecule has 2 N–H and O–H groups in total. The molecule has 0 atom stereocenters. The summed E-state index contributed by atoms with van der Waals surface area (Å²) in [5.41, 5.74) is -5.47. The van der Waals surface area contributed by atoms with Crippen molar-refractivity contribution in [3.8, 4) is 0 Å². The van der Waals surface area contributed by atoms with Crippen molar-refractivity contribution in [3.05, 3.63) is 66.1 Å². The van der Waals surface area contributed by atoms with Gasteiger partial charge in [0.2, 0.25) is 0 Å². The minimum absolute atomic E-state index is 0.0795. The number of hydrogen-bond acceptors (Lipinski definition) is 5. The van der Waals surface area contributed by atoms with Crippen molar-refractivity contribution in [2.45, 2.75) is 42.1 Å². The van der Waals surface area contributed by atoms with Gasteiger partial charge >= 0.3 is 12.4 Å². The molecule has 2 aromatic rings. The topological polar surface area (TPSA) is 79.3 Å². The second-order valence-electron chi connectivity index (χ2n) is 7.90. The van der Waals surface area contributed by atoms with Crippen LogP contribution in [0.3, 0.4) is 0 Å². The van der Waals surface area contributed by atoms with Gasteiger partial charge in [-0.1, -0.05) is 18.7 Å². The quantitative estimate of drug-likeness (QED) is 0.518. The molecule has 1 aliphatic rings. The number of anilines is 1. The molecule has 33 heavy (non-hydrogen) atoms. The van der Waals surface area contributed by atoms with Gasteiger partial charge < -0.3 is 10.4 Å². The minimum Gasteiger partial charge on any atom is -0.369 e. The molecule has 1 heterocycles. The zero-order valence-electron chi connectivity index (χ0n) is 17.0. The maximum Gasteiger partial charge on any atom is 0.430 e. The van der Waals surface area contributed by atoms with Gasteiger partial charge in [-0.3, -0.25) is 4.98 Å². The van der Waals surface area contributed by atoms with Crippen molar-refractivity contribution in [1.82, 2.24) is 4.98 Å². The Balaban J connectivity index is 1.66. The summed E-state index contributed by atoms with van der Waals surface area (Å²) in [4.78, 5) is 4.20. The number of hydrogen-bond donors (Lipinski definition) is 2. The summed E-state index contributed by atoms with van der Waals surface area (Å²) in [5.74, 6) is 0.268. The number of aromatic nitrogens is 1. The van der Waals surface area contributed by atoms with E-state index in [0.717, 1.165) is 25.0 Å². The molecule has 5 nitrogen and oxygen atoms in total. The lowest BCUT2D eigenvalue weighted by molar-refractivity contribution is -0.376. The number of allylic oxidation sites excluding steroid dienone is 1. The van der Waals surface area contributed by atoms with E-state index < -0.39 is 33.4 Å². The Morgan fingerprint density at radius 3 is 2.06 bits per heavy atom. The van der Waals surface area contributed by atoms with Crippen molar-refractivity contribution in [2.75, 3.05) is 11.1 Å². The number of nitrogens with one attached hydrogen (secondary N) is 1. The number of aliphatic hydroxyl groups is 1. The van der Waals surface area contributed by atoms with E-state index in [9.17, 15) is 39.9 Å². The van der Waals surface area contributed by atoms with Crippen molar-refractivity contribution < 1.29 is 39.9 Å². The summed E-state index contributed by atoms with van der Waals surface area (Å²) in [6.45, 7) is 3.74. The number of halogens is 6. The van der Waals surface area contributed by atoms with E-state index in [1.165, 1.54) is 18.3 Å². The van der Waals surface area contributed by atoms with Gasteiger partial charge in [-0.2, -0.15) is 26.3 Å². The van der Waals surface area contributed by atoms with Gasteiger partial charge in [-0.15, -0.1) is 0 Å². The highest BCUT2D eigenvalue weighted by molar-refractivity contribution is 7.91. The lowest BCUT2D eigenvalue weighted by atomic mass is 9.92. The fourth-order valence-electron chi connectivity index (χ4n) is 3.14. The number of benzene rings is 1. The number of pyridine rings is 1. The van der Waals surface area contributed by atoms with Gasteiger partial charge in [0.25, 0.3) is 5.60 Å². The van der Waals surface area contributed by atoms with Crippen molar-refractivity contribution in [3.63, 3.8) is 0 Å². The number of rotatable bonds is 8. The highest BCUT2D eigenvalue weighted by Gasteiger charge is 2.71. The first-order valence-corrected chi connectivity index (χ1v) is 11.4. The lowest BCUT2D eigenvalue weighted by Gasteiger charge is -2.32. The van der Waals surface area contributed by atoms with Crippen LogP contribution >= 0.6 is 0 Å². The molecular formula is C21H20F6N2O3S. The number of alkyl halides is 6. The van der Waals surface area contributed by atoms with Crippen LogP contribution in [0.15, 0.2) is 59.8 Å². The molecule has 1 saturated carbocycles. The van der Waals surface area contributed by atoms with Gasteiger partial charge in [0.05, 0.1) is 10.6 Å². The van der Waals surface area contributed by atoms with Crippen molar-refractivity contribution >= 4 is 15.5 Å². The maximum absolute atomic E-state index is 13.0. The molecule has 1 fully saturated rings. The molecule has 3 rings (SSSR count). The first-order valence-electron chi connectivity index (χ1n) is 9.72. The minimum atomic E-state index is -5.96. The third-order valence-corrected chi connectivity index (χ3v) is 7.02. The van der Waals surface area contributed by atoms with Gasteiger partial charge in [0.15, 0.2) is 9.84 Å². The van der Waals surface area contributed by atoms with Crippen LogP contribution in [-0.2, 0) is 21.9 Å². The third-order valence-electron chi connectivity index (χ3n) is 5.15. The summed E-state index contributed by atoms with van der Waals surface area (Å²) in [6.07, 6.45) is -8.78. The molecule has 0 bridgehead atoms. The zero-order valence-corrected chi connectivity index (χ0v) is 17.9. The fourth-order valence-corrected chi connectivity index (χ4v) is 4.78. The fraction of sp³-hybridized carbons (Fsp3) is 0.381. The average Bonchev–Trinajstić information content (AvgIpc) is 3.50. The molecule has 180 valence electrons. The molecule has 0 unspecified atom stereocenters. The van der Waals surface area contributed by atoms with E-state index in [1.54, 1.807) is 0 Å². The normalized spacial score (nSPS) is 15.4. The number of nitrogens with zero attached hydrogens (tertiary/aromatic N) is 1. The Morgan fingerprint density at radius 1 is 1.03 bits per heavy atom. The van der Waals surface area contributed by atoms with Gasteiger partial charge in [-0.25, -0.2) is 8.42 Å². The van der Waals surface area contributed by atoms with Crippen LogP contribution in [0.5, 0.6) is 0 Å². The van der Waals surface area contributed by atoms with Crippen LogP contribution in [0.25, 0.3) is 0 Å². The monoisotopic (exact) mass is 494 g/mol. The predicted molar refractivity (Wildman–Crippen MR) is 108 cm³/mol. The van der Waals surface area contributed by atoms with Crippen LogP contribution in [0, 0.1) is 5.92 Å². The largest absolute Gasteiger partial charge is 0.430 e. The Labute approximate surface area is 186 Å². The highest BCUT2D eigenvalue weighted by atomic mass is 32.2. The Hall–Kier alpha value is -2.60. The van der Waals surface area contributed by atoms with E-state index in [-0.39, 0.29) is 28.7 Å². The third kappa shape index (κ3) is 5.49. The van der Waals surface area contributed by atoms with E-state index >= 15 is 0 Å². The second-order valence-corrected chi connectivity index (χ2v) is 9.93. The molecule has 0 amide bonds. The Morgan fingerprint density at radius 2 is 1.61 bits per heavy atom. The smallest absolute Gasteiger partial charge is 0.369 e. The summed E-state index contributed by atoms with van der Waals surface area (Å²) < 4.78 is 102. The Bertz CT molecular complexity index is 1090. The molecule has 1 aliphatic carbocycles. The molecule has 12 heteroatoms. The first-order chi connectivity index (χ1) is 15.1. The highest BCUT2D eigenvalue weighted by Crippen LogP contribution is 2.50. The van der Waals surface area contributed by atoms with Gasteiger partial charge in [-0.05, 0) is 43.0 Å². The Kier molecular flexibility index (Phi) is 6.55. The summed E-state index contributed by atoms with van der Waals surface area (Å²) >= 11 is 0. The van der Waals surface area contributed by atoms with Crippen LogP contribution in [0.2, 0.25) is 0 Å². The van der Waals surface area contributed by atoms with Crippen LogP contribution < -0.4 is 5.32 Å². The standard InChI is InChI=1S/C21H20F6N2O3S/c1-13(10-17-8-9-18(11-28-17)33(31,32)12-14-2-3-14)29-16-6-4-15(5-7-16)19(30,20(22,23)24)21(25,26)27/h4-9,11,14,29-30H,1-3,10,12H2. The predicted octanol–water partition coefficient (Wildman–Crippen LogP) is 4.75. The molecular weight excluding hydrogens is 474 g/mol. The van der Waals surface area contributed by atoms with Crippen molar-refractivity contribution in [2.24, 2.45) is 5.92 Å². The summed E-state index contributed by atoms with van der Waals surface area (Å²) in [7, 11) is -3.41. The molecule has 1 aromatic carbocycles. The van der Waals surface area contributed by atoms with E-state index in [4.69, 9.17) is 0 Å². The van der Waals surface area contributed by atoms with Crippen molar-refractivity contribution in [1.29, 1.82) is 0 Å². The van der Waals surface area contributed by atoms with Crippen LogP contribution in [-0.4, -0.2) is 36.6 Å². The zero-order chi connectivity index (χ0) is 24.7. The molecule has 1 aromatic heterocycles. The SMILES string of the molecule is C=C(Cc1ccc(S(=O)(=O)CC2CC2)cn1)Nc1ccc(C(O)(C(F)(F)F)C(F)(F)F)cc1. The first kappa shape index (κ1) is 25.0.